The van der Waals surface area contributed by atoms with Crippen LogP contribution in [0, 0.1) is 23.2 Å². The zero-order valence-electron chi connectivity index (χ0n) is 11.6. The van der Waals surface area contributed by atoms with Gasteiger partial charge in [-0.1, -0.05) is 12.8 Å². The lowest BCUT2D eigenvalue weighted by molar-refractivity contribution is -0.0296. The summed E-state index contributed by atoms with van der Waals surface area (Å²) in [5.74, 6) is 3.25. The van der Waals surface area contributed by atoms with Gasteiger partial charge in [0.05, 0.1) is 13.2 Å². The van der Waals surface area contributed by atoms with E-state index in [4.69, 9.17) is 4.74 Å². The lowest BCUT2D eigenvalue weighted by Gasteiger charge is -2.50. The summed E-state index contributed by atoms with van der Waals surface area (Å²) in [4.78, 5) is 2.70. The summed E-state index contributed by atoms with van der Waals surface area (Å²) in [7, 11) is 0. The second-order valence-corrected chi connectivity index (χ2v) is 7.65. The predicted octanol–water partition coefficient (Wildman–Crippen LogP) is 2.93. The van der Waals surface area contributed by atoms with Crippen LogP contribution in [0.5, 0.6) is 0 Å². The van der Waals surface area contributed by atoms with E-state index in [1.54, 1.807) is 44.9 Å². The van der Waals surface area contributed by atoms with Gasteiger partial charge in [-0.3, -0.25) is 4.90 Å². The second kappa shape index (κ2) is 4.49. The molecule has 4 bridgehead atoms. The first kappa shape index (κ1) is 11.7. The Morgan fingerprint density at radius 1 is 0.889 bits per heavy atom. The molecule has 2 unspecified atom stereocenters. The molecule has 0 aromatic rings. The number of hydrogen-bond acceptors (Lipinski definition) is 2. The molecule has 5 aliphatic rings. The Morgan fingerprint density at radius 3 is 2.17 bits per heavy atom. The van der Waals surface area contributed by atoms with Crippen molar-refractivity contribution in [3.05, 3.63) is 0 Å². The molecule has 1 aliphatic heterocycles. The summed E-state index contributed by atoms with van der Waals surface area (Å²) in [6, 6.07) is 0. The van der Waals surface area contributed by atoms with E-state index in [1.165, 1.54) is 19.6 Å². The SMILES string of the molecule is C1CN(CC23CC4C[C@@H](CC[C@@H](C4)C2)C3)CCO1. The summed E-state index contributed by atoms with van der Waals surface area (Å²) in [5, 5.41) is 0. The number of rotatable bonds is 2. The van der Waals surface area contributed by atoms with Crippen LogP contribution in [0.2, 0.25) is 0 Å². The first-order chi connectivity index (χ1) is 8.81. The van der Waals surface area contributed by atoms with E-state index in [9.17, 15) is 0 Å². The van der Waals surface area contributed by atoms with E-state index >= 15 is 0 Å². The van der Waals surface area contributed by atoms with Gasteiger partial charge in [-0.05, 0) is 55.3 Å². The van der Waals surface area contributed by atoms with E-state index in [2.05, 4.69) is 4.90 Å². The Hall–Kier alpha value is -0.0800. The van der Waals surface area contributed by atoms with Crippen LogP contribution in [0.25, 0.3) is 0 Å². The van der Waals surface area contributed by atoms with Crippen LogP contribution in [0.3, 0.4) is 0 Å². The van der Waals surface area contributed by atoms with Gasteiger partial charge in [0.15, 0.2) is 0 Å². The van der Waals surface area contributed by atoms with Crippen LogP contribution in [-0.2, 0) is 4.74 Å². The number of morpholine rings is 1. The maximum Gasteiger partial charge on any atom is 0.0594 e. The molecule has 18 heavy (non-hydrogen) atoms. The molecule has 5 fully saturated rings. The lowest BCUT2D eigenvalue weighted by atomic mass is 9.58. The standard InChI is InChI=1S/C16H27NO/c1-2-14-8-15-7-13(1)9-16(10-14,11-15)12-17-3-5-18-6-4-17/h13-15H,1-12H2/t13-,14+,15?,16?. The van der Waals surface area contributed by atoms with E-state index < -0.39 is 0 Å². The van der Waals surface area contributed by atoms with E-state index in [0.717, 1.165) is 31.0 Å². The molecule has 4 atom stereocenters. The van der Waals surface area contributed by atoms with Gasteiger partial charge in [0, 0.05) is 19.6 Å². The van der Waals surface area contributed by atoms with Crippen molar-refractivity contribution >= 4 is 0 Å². The Balaban J connectivity index is 1.51. The highest BCUT2D eigenvalue weighted by molar-refractivity contribution is 5.00. The third-order valence-corrected chi connectivity index (χ3v) is 6.14. The first-order valence-electron chi connectivity index (χ1n) is 8.11. The molecular formula is C16H27NO. The average Bonchev–Trinajstić information content (AvgIpc) is 2.56. The third kappa shape index (κ3) is 2.12. The summed E-state index contributed by atoms with van der Waals surface area (Å²) in [6.07, 6.45) is 10.9. The molecule has 0 spiro atoms. The van der Waals surface area contributed by atoms with E-state index in [0.29, 0.717) is 5.41 Å². The number of hydrogen-bond donors (Lipinski definition) is 0. The van der Waals surface area contributed by atoms with Crippen molar-refractivity contribution in [1.82, 2.24) is 4.90 Å². The van der Waals surface area contributed by atoms with Gasteiger partial charge in [-0.15, -0.1) is 0 Å². The molecule has 0 aromatic heterocycles. The van der Waals surface area contributed by atoms with Gasteiger partial charge in [0.2, 0.25) is 0 Å². The Morgan fingerprint density at radius 2 is 1.50 bits per heavy atom. The molecule has 5 rings (SSSR count). The highest BCUT2D eigenvalue weighted by atomic mass is 16.5. The molecule has 2 nitrogen and oxygen atoms in total. The minimum atomic E-state index is 0.713. The Bertz CT molecular complexity index is 294. The van der Waals surface area contributed by atoms with Crippen molar-refractivity contribution in [2.24, 2.45) is 23.2 Å². The molecule has 4 aliphatic carbocycles. The smallest absolute Gasteiger partial charge is 0.0594 e. The number of fused-ring (bicyclic) bond motifs is 1. The number of nitrogens with zero attached hydrogens (tertiary/aromatic N) is 1. The van der Waals surface area contributed by atoms with Crippen molar-refractivity contribution < 1.29 is 4.74 Å². The third-order valence-electron chi connectivity index (χ3n) is 6.14. The molecule has 0 amide bonds. The lowest BCUT2D eigenvalue weighted by Crippen LogP contribution is -2.48. The van der Waals surface area contributed by atoms with Gasteiger partial charge >= 0.3 is 0 Å². The Kier molecular flexibility index (Phi) is 2.92. The highest BCUT2D eigenvalue weighted by Crippen LogP contribution is 2.57. The molecule has 0 radical (unpaired) electrons. The van der Waals surface area contributed by atoms with Gasteiger partial charge in [-0.25, -0.2) is 0 Å². The molecule has 102 valence electrons. The van der Waals surface area contributed by atoms with Crippen LogP contribution < -0.4 is 0 Å². The fourth-order valence-electron chi connectivity index (χ4n) is 5.80. The molecule has 0 aromatic carbocycles. The van der Waals surface area contributed by atoms with Gasteiger partial charge < -0.3 is 4.74 Å². The maximum absolute atomic E-state index is 5.50. The largest absolute Gasteiger partial charge is 0.379 e. The molecule has 2 heteroatoms. The summed E-state index contributed by atoms with van der Waals surface area (Å²) in [5.41, 5.74) is 0.713. The first-order valence-corrected chi connectivity index (χ1v) is 8.11. The van der Waals surface area contributed by atoms with Crippen molar-refractivity contribution in [2.45, 2.75) is 44.9 Å². The van der Waals surface area contributed by atoms with Gasteiger partial charge in [-0.2, -0.15) is 0 Å². The molecule has 1 saturated heterocycles. The zero-order valence-corrected chi connectivity index (χ0v) is 11.6. The fraction of sp³-hybridized carbons (Fsp3) is 1.00. The predicted molar refractivity (Wildman–Crippen MR) is 72.5 cm³/mol. The molecular weight excluding hydrogens is 222 g/mol. The van der Waals surface area contributed by atoms with Gasteiger partial charge in [0.1, 0.15) is 0 Å². The molecule has 1 heterocycles. The van der Waals surface area contributed by atoms with Crippen LogP contribution >= 0.6 is 0 Å². The summed E-state index contributed by atoms with van der Waals surface area (Å²) < 4.78 is 5.50. The van der Waals surface area contributed by atoms with Crippen LogP contribution in [0.4, 0.5) is 0 Å². The van der Waals surface area contributed by atoms with Crippen LogP contribution in [-0.4, -0.2) is 37.7 Å². The average molecular weight is 249 g/mol. The quantitative estimate of drug-likeness (QED) is 0.746. The zero-order chi connectivity index (χ0) is 12.0. The van der Waals surface area contributed by atoms with Gasteiger partial charge in [0.25, 0.3) is 0 Å². The monoisotopic (exact) mass is 249 g/mol. The molecule has 4 saturated carbocycles. The topological polar surface area (TPSA) is 12.5 Å². The van der Waals surface area contributed by atoms with Crippen LogP contribution in [0.1, 0.15) is 44.9 Å². The van der Waals surface area contributed by atoms with E-state index in [-0.39, 0.29) is 0 Å². The number of ether oxygens (including phenoxy) is 1. The second-order valence-electron chi connectivity index (χ2n) is 7.65. The fourth-order valence-corrected chi connectivity index (χ4v) is 5.80. The van der Waals surface area contributed by atoms with E-state index in [1.807, 2.05) is 0 Å². The van der Waals surface area contributed by atoms with Crippen molar-refractivity contribution in [1.29, 1.82) is 0 Å². The van der Waals surface area contributed by atoms with Crippen LogP contribution in [0.15, 0.2) is 0 Å². The van der Waals surface area contributed by atoms with Crippen molar-refractivity contribution in [2.75, 3.05) is 32.8 Å². The Labute approximate surface area is 111 Å². The summed E-state index contributed by atoms with van der Waals surface area (Å²) >= 11 is 0. The minimum absolute atomic E-state index is 0.713. The normalized spacial score (nSPS) is 48.3. The van der Waals surface area contributed by atoms with Crippen molar-refractivity contribution in [3.8, 4) is 0 Å². The van der Waals surface area contributed by atoms with Crippen molar-refractivity contribution in [3.63, 3.8) is 0 Å². The maximum atomic E-state index is 5.50. The minimum Gasteiger partial charge on any atom is -0.379 e. The summed E-state index contributed by atoms with van der Waals surface area (Å²) in [6.45, 7) is 5.68. The molecule has 0 N–H and O–H groups in total. The highest BCUT2D eigenvalue weighted by Gasteiger charge is 2.48.